The molecule has 1 saturated heterocycles. The van der Waals surface area contributed by atoms with Crippen molar-refractivity contribution in [2.24, 2.45) is 0 Å². The Kier molecular flexibility index (Phi) is 6.31. The number of benzene rings is 2. The molecular formula is C23H27N3O6S. The van der Waals surface area contributed by atoms with Gasteiger partial charge < -0.3 is 20.1 Å². The molecule has 2 N–H and O–H groups in total. The highest BCUT2D eigenvalue weighted by molar-refractivity contribution is 7.89. The molecule has 0 aromatic heterocycles. The minimum atomic E-state index is -3.99. The normalized spacial score (nSPS) is 20.5. The van der Waals surface area contributed by atoms with E-state index in [0.717, 1.165) is 0 Å². The van der Waals surface area contributed by atoms with Crippen LogP contribution in [0.2, 0.25) is 0 Å². The summed E-state index contributed by atoms with van der Waals surface area (Å²) in [7, 11) is -3.99. The molecule has 0 unspecified atom stereocenters. The van der Waals surface area contributed by atoms with Crippen molar-refractivity contribution < 1.29 is 27.5 Å². The summed E-state index contributed by atoms with van der Waals surface area (Å²) < 4.78 is 39.6. The third-order valence-corrected chi connectivity index (χ3v) is 7.80. The minimum Gasteiger partial charge on any atom is -0.492 e. The van der Waals surface area contributed by atoms with Gasteiger partial charge in [0, 0.05) is 12.6 Å². The number of fused-ring (bicyclic) bond motifs is 1. The van der Waals surface area contributed by atoms with Crippen LogP contribution in [0.1, 0.15) is 32.3 Å². The van der Waals surface area contributed by atoms with Gasteiger partial charge in [-0.15, -0.1) is 0 Å². The maximum Gasteiger partial charge on any atom is 0.265 e. The van der Waals surface area contributed by atoms with Gasteiger partial charge >= 0.3 is 0 Å². The lowest BCUT2D eigenvalue weighted by Crippen LogP contribution is -2.43. The summed E-state index contributed by atoms with van der Waals surface area (Å²) in [5.41, 5.74) is 1.38. The molecule has 1 fully saturated rings. The molecule has 2 aliphatic rings. The summed E-state index contributed by atoms with van der Waals surface area (Å²) in [6.45, 7) is 5.77. The lowest BCUT2D eigenvalue weighted by atomic mass is 10.1. The number of ether oxygens (including phenoxy) is 2. The third-order valence-electron chi connectivity index (χ3n) is 5.75. The fourth-order valence-electron chi connectivity index (χ4n) is 4.10. The number of nitrogens with zero attached hydrogens (tertiary/aromatic N) is 1. The second-order valence-corrected chi connectivity index (χ2v) is 9.91. The van der Waals surface area contributed by atoms with E-state index < -0.39 is 28.1 Å². The molecular weight excluding hydrogens is 446 g/mol. The maximum atomic E-state index is 13.6. The number of hydrogen-bond acceptors (Lipinski definition) is 6. The highest BCUT2D eigenvalue weighted by atomic mass is 32.2. The van der Waals surface area contributed by atoms with Gasteiger partial charge in [-0.25, -0.2) is 8.42 Å². The van der Waals surface area contributed by atoms with Gasteiger partial charge in [-0.2, -0.15) is 4.31 Å². The van der Waals surface area contributed by atoms with Crippen molar-refractivity contribution in [3.63, 3.8) is 0 Å². The fraction of sp³-hybridized carbons (Fsp3) is 0.391. The van der Waals surface area contributed by atoms with Crippen LogP contribution in [-0.2, 0) is 19.6 Å². The summed E-state index contributed by atoms with van der Waals surface area (Å²) in [6.07, 6.45) is 0.250. The van der Waals surface area contributed by atoms with E-state index in [-0.39, 0.29) is 23.1 Å². The Morgan fingerprint density at radius 3 is 2.82 bits per heavy atom. The number of anilines is 2. The topological polar surface area (TPSA) is 114 Å². The van der Waals surface area contributed by atoms with Crippen LogP contribution >= 0.6 is 0 Å². The number of amides is 2. The number of carbonyl (C=O) groups excluding carboxylic acids is 2. The highest BCUT2D eigenvalue weighted by Gasteiger charge is 2.41. The number of nitrogens with one attached hydrogen (secondary N) is 2. The van der Waals surface area contributed by atoms with E-state index in [2.05, 4.69) is 10.6 Å². The van der Waals surface area contributed by atoms with Crippen LogP contribution < -0.4 is 20.1 Å². The van der Waals surface area contributed by atoms with Gasteiger partial charge in [0.25, 0.3) is 5.91 Å². The molecule has 4 rings (SSSR count). The molecule has 0 spiro atoms. The van der Waals surface area contributed by atoms with Crippen molar-refractivity contribution in [2.75, 3.05) is 23.8 Å². The van der Waals surface area contributed by atoms with Crippen molar-refractivity contribution >= 4 is 33.2 Å². The molecule has 2 atom stereocenters. The molecule has 0 aliphatic carbocycles. The molecule has 0 radical (unpaired) electrons. The zero-order valence-electron chi connectivity index (χ0n) is 18.8. The standard InChI is InChI=1S/C23H27N3O6S/c1-4-31-19-10-6-5-8-16(19)24-23(28)18-9-7-11-26(18)33(29,30)21-13-20-17(12-14(21)2)25-22(27)15(3)32-20/h5-6,8,10,12-13,15,18H,4,7,9,11H2,1-3H3,(H,24,28)(H,25,27)/t15-,18+/m1/s1. The molecule has 0 bridgehead atoms. The SMILES string of the molecule is CCOc1ccccc1NC(=O)[C@@H]1CCCN1S(=O)(=O)c1cc2c(cc1C)NC(=O)[C@@H](C)O2. The van der Waals surface area contributed by atoms with E-state index in [9.17, 15) is 18.0 Å². The van der Waals surface area contributed by atoms with E-state index >= 15 is 0 Å². The summed E-state index contributed by atoms with van der Waals surface area (Å²) in [6, 6.07) is 9.20. The first-order valence-electron chi connectivity index (χ1n) is 10.9. The van der Waals surface area contributed by atoms with E-state index in [1.807, 2.05) is 6.92 Å². The zero-order chi connectivity index (χ0) is 23.8. The van der Waals surface area contributed by atoms with Crippen LogP contribution in [0.15, 0.2) is 41.3 Å². The van der Waals surface area contributed by atoms with E-state index in [0.29, 0.717) is 42.1 Å². The predicted molar refractivity (Wildman–Crippen MR) is 123 cm³/mol. The summed E-state index contributed by atoms with van der Waals surface area (Å²) in [5.74, 6) is 0.119. The first-order chi connectivity index (χ1) is 15.7. The van der Waals surface area contributed by atoms with Gasteiger partial charge in [0.05, 0.1) is 22.9 Å². The Morgan fingerprint density at radius 2 is 2.06 bits per heavy atom. The highest BCUT2D eigenvalue weighted by Crippen LogP contribution is 2.37. The number of hydrogen-bond donors (Lipinski definition) is 2. The quantitative estimate of drug-likeness (QED) is 0.667. The predicted octanol–water partition coefficient (Wildman–Crippen LogP) is 2.90. The van der Waals surface area contributed by atoms with Gasteiger partial charge in [0.1, 0.15) is 17.5 Å². The number of sulfonamides is 1. The van der Waals surface area contributed by atoms with Crippen LogP contribution in [0.25, 0.3) is 0 Å². The van der Waals surface area contributed by atoms with Gasteiger partial charge in [0.2, 0.25) is 15.9 Å². The average molecular weight is 474 g/mol. The van der Waals surface area contributed by atoms with Crippen molar-refractivity contribution in [2.45, 2.75) is 50.7 Å². The largest absolute Gasteiger partial charge is 0.492 e. The maximum absolute atomic E-state index is 13.6. The molecule has 2 aromatic carbocycles. The van der Waals surface area contributed by atoms with Crippen LogP contribution in [0.5, 0.6) is 11.5 Å². The Labute approximate surface area is 193 Å². The smallest absolute Gasteiger partial charge is 0.265 e. The fourth-order valence-corrected chi connectivity index (χ4v) is 5.98. The third kappa shape index (κ3) is 4.40. The van der Waals surface area contributed by atoms with Crippen LogP contribution in [0.4, 0.5) is 11.4 Å². The lowest BCUT2D eigenvalue weighted by molar-refractivity contribution is -0.122. The van der Waals surface area contributed by atoms with Gasteiger partial charge in [-0.05, 0) is 57.4 Å². The molecule has 2 heterocycles. The molecule has 176 valence electrons. The van der Waals surface area contributed by atoms with Crippen LogP contribution in [0.3, 0.4) is 0 Å². The summed E-state index contributed by atoms with van der Waals surface area (Å²) >= 11 is 0. The monoisotopic (exact) mass is 473 g/mol. The van der Waals surface area contributed by atoms with Gasteiger partial charge in [0.15, 0.2) is 6.10 Å². The molecule has 2 aliphatic heterocycles. The summed E-state index contributed by atoms with van der Waals surface area (Å²) in [5, 5.41) is 5.54. The van der Waals surface area contributed by atoms with E-state index in [1.165, 1.54) is 10.4 Å². The zero-order valence-corrected chi connectivity index (χ0v) is 19.6. The summed E-state index contributed by atoms with van der Waals surface area (Å²) in [4.78, 5) is 25.0. The second-order valence-electron chi connectivity index (χ2n) is 8.06. The Hall–Kier alpha value is -3.11. The molecule has 2 amide bonds. The van der Waals surface area contributed by atoms with Crippen molar-refractivity contribution in [3.05, 3.63) is 42.0 Å². The van der Waals surface area contributed by atoms with E-state index in [4.69, 9.17) is 9.47 Å². The van der Waals surface area contributed by atoms with E-state index in [1.54, 1.807) is 44.2 Å². The molecule has 33 heavy (non-hydrogen) atoms. The van der Waals surface area contributed by atoms with Crippen molar-refractivity contribution in [3.8, 4) is 11.5 Å². The number of rotatable bonds is 6. The number of carbonyl (C=O) groups is 2. The lowest BCUT2D eigenvalue weighted by Gasteiger charge is -2.27. The first kappa shape index (κ1) is 23.1. The second kappa shape index (κ2) is 9.03. The van der Waals surface area contributed by atoms with Crippen LogP contribution in [-0.4, -0.2) is 49.8 Å². The van der Waals surface area contributed by atoms with Crippen molar-refractivity contribution in [1.29, 1.82) is 0 Å². The Bertz CT molecular complexity index is 1200. The molecule has 0 saturated carbocycles. The first-order valence-corrected chi connectivity index (χ1v) is 12.3. The Balaban J connectivity index is 1.61. The Morgan fingerprint density at radius 1 is 1.30 bits per heavy atom. The van der Waals surface area contributed by atoms with Crippen molar-refractivity contribution in [1.82, 2.24) is 4.31 Å². The molecule has 10 heteroatoms. The van der Waals surface area contributed by atoms with Gasteiger partial charge in [-0.1, -0.05) is 12.1 Å². The molecule has 2 aromatic rings. The number of para-hydroxylation sites is 2. The molecule has 9 nitrogen and oxygen atoms in total. The van der Waals surface area contributed by atoms with Crippen LogP contribution in [0, 0.1) is 6.92 Å². The van der Waals surface area contributed by atoms with Gasteiger partial charge in [-0.3, -0.25) is 9.59 Å². The average Bonchev–Trinajstić information content (AvgIpc) is 3.27. The number of aryl methyl sites for hydroxylation is 1. The minimum absolute atomic E-state index is 0.0546.